The largest absolute Gasteiger partial charge is 0.293 e. The Morgan fingerprint density at radius 2 is 1.89 bits per heavy atom. The summed E-state index contributed by atoms with van der Waals surface area (Å²) in [4.78, 5) is 25.3. The number of benzene rings is 2. The Morgan fingerprint density at radius 1 is 1.14 bits per heavy atom. The van der Waals surface area contributed by atoms with Crippen LogP contribution in [0.25, 0.3) is 16.7 Å². The zero-order chi connectivity index (χ0) is 19.7. The standard InChI is InChI=1S/C20H15ClN4O2S/c1-2-11-24-18(27)15-5-3-4-6-16(15)25-19(24)22-23-20(25)28-12-17(26)13-7-9-14(21)10-8-13/h2-10H,1,11-12H2. The molecule has 28 heavy (non-hydrogen) atoms. The Bertz CT molecular complexity index is 1260. The van der Waals surface area contributed by atoms with E-state index in [0.29, 0.717) is 39.0 Å². The summed E-state index contributed by atoms with van der Waals surface area (Å²) >= 11 is 7.15. The molecule has 4 rings (SSSR count). The molecule has 8 heteroatoms. The number of ketones is 1. The first-order valence-corrected chi connectivity index (χ1v) is 9.85. The fourth-order valence-electron chi connectivity index (χ4n) is 2.97. The predicted octanol–water partition coefficient (Wildman–Crippen LogP) is 3.86. The average Bonchev–Trinajstić information content (AvgIpc) is 3.14. The Balaban J connectivity index is 1.76. The lowest BCUT2D eigenvalue weighted by atomic mass is 10.1. The molecule has 0 N–H and O–H groups in total. The van der Waals surface area contributed by atoms with Gasteiger partial charge in [0.2, 0.25) is 5.78 Å². The van der Waals surface area contributed by atoms with E-state index < -0.39 is 0 Å². The fourth-order valence-corrected chi connectivity index (χ4v) is 3.93. The number of nitrogens with zero attached hydrogens (tertiary/aromatic N) is 4. The number of carbonyl (C=O) groups excluding carboxylic acids is 1. The summed E-state index contributed by atoms with van der Waals surface area (Å²) in [5, 5.41) is 10.1. The highest BCUT2D eigenvalue weighted by atomic mass is 35.5. The topological polar surface area (TPSA) is 69.3 Å². The normalized spacial score (nSPS) is 11.2. The highest BCUT2D eigenvalue weighted by Crippen LogP contribution is 2.22. The number of hydrogen-bond donors (Lipinski definition) is 0. The molecular formula is C20H15ClN4O2S. The summed E-state index contributed by atoms with van der Waals surface area (Å²) in [6.45, 7) is 4.03. The van der Waals surface area contributed by atoms with E-state index in [-0.39, 0.29) is 17.1 Å². The Labute approximate surface area is 169 Å². The van der Waals surface area contributed by atoms with Gasteiger partial charge in [0.1, 0.15) is 0 Å². The summed E-state index contributed by atoms with van der Waals surface area (Å²) in [6, 6.07) is 14.1. The van der Waals surface area contributed by atoms with Gasteiger partial charge in [-0.2, -0.15) is 0 Å². The maximum atomic E-state index is 12.8. The van der Waals surface area contributed by atoms with Gasteiger partial charge < -0.3 is 0 Å². The second-order valence-corrected chi connectivity index (χ2v) is 7.44. The van der Waals surface area contributed by atoms with Crippen molar-refractivity contribution in [1.82, 2.24) is 19.2 Å². The van der Waals surface area contributed by atoms with Crippen molar-refractivity contribution in [2.45, 2.75) is 11.7 Å². The minimum absolute atomic E-state index is 0.0397. The molecule has 0 fully saturated rings. The first-order valence-electron chi connectivity index (χ1n) is 8.49. The molecule has 2 aromatic carbocycles. The molecule has 0 aliphatic rings. The van der Waals surface area contributed by atoms with Crippen LogP contribution in [0.15, 0.2) is 71.1 Å². The molecule has 0 radical (unpaired) electrons. The highest BCUT2D eigenvalue weighted by molar-refractivity contribution is 7.99. The van der Waals surface area contributed by atoms with Crippen LogP contribution >= 0.6 is 23.4 Å². The molecule has 2 heterocycles. The lowest BCUT2D eigenvalue weighted by molar-refractivity contribution is 0.102. The van der Waals surface area contributed by atoms with Gasteiger partial charge in [-0.3, -0.25) is 18.6 Å². The second kappa shape index (κ2) is 7.61. The number of fused-ring (bicyclic) bond motifs is 3. The van der Waals surface area contributed by atoms with Crippen LogP contribution in [0.4, 0.5) is 0 Å². The van der Waals surface area contributed by atoms with Crippen LogP contribution in [0.1, 0.15) is 10.4 Å². The molecule has 140 valence electrons. The van der Waals surface area contributed by atoms with Crippen molar-refractivity contribution in [3.63, 3.8) is 0 Å². The van der Waals surface area contributed by atoms with Crippen LogP contribution in [0.5, 0.6) is 0 Å². The number of para-hydroxylation sites is 1. The fraction of sp³-hybridized carbons (Fsp3) is 0.100. The van der Waals surface area contributed by atoms with Crippen molar-refractivity contribution >= 4 is 45.8 Å². The third-order valence-corrected chi connectivity index (χ3v) is 5.47. The average molecular weight is 411 g/mol. The number of carbonyl (C=O) groups is 1. The van der Waals surface area contributed by atoms with Gasteiger partial charge in [-0.15, -0.1) is 16.8 Å². The third kappa shape index (κ3) is 3.23. The molecule has 0 bridgehead atoms. The van der Waals surface area contributed by atoms with Gasteiger partial charge in [0.05, 0.1) is 16.7 Å². The maximum absolute atomic E-state index is 12.8. The molecule has 0 amide bonds. The summed E-state index contributed by atoms with van der Waals surface area (Å²) < 4.78 is 3.33. The van der Waals surface area contributed by atoms with E-state index in [1.54, 1.807) is 40.8 Å². The van der Waals surface area contributed by atoms with Crippen LogP contribution < -0.4 is 5.56 Å². The number of hydrogen-bond acceptors (Lipinski definition) is 5. The molecule has 0 saturated carbocycles. The van der Waals surface area contributed by atoms with Gasteiger partial charge in [0, 0.05) is 17.1 Å². The van der Waals surface area contributed by atoms with E-state index in [1.807, 2.05) is 18.2 Å². The van der Waals surface area contributed by atoms with E-state index >= 15 is 0 Å². The highest BCUT2D eigenvalue weighted by Gasteiger charge is 2.17. The lowest BCUT2D eigenvalue weighted by Crippen LogP contribution is -2.22. The van der Waals surface area contributed by atoms with E-state index in [9.17, 15) is 9.59 Å². The van der Waals surface area contributed by atoms with Crippen LogP contribution in [-0.2, 0) is 6.54 Å². The van der Waals surface area contributed by atoms with Crippen molar-refractivity contribution in [1.29, 1.82) is 0 Å². The zero-order valence-electron chi connectivity index (χ0n) is 14.7. The van der Waals surface area contributed by atoms with Crippen LogP contribution in [-0.4, -0.2) is 30.7 Å². The molecule has 0 saturated heterocycles. The Hall–Kier alpha value is -2.90. The molecule has 0 unspecified atom stereocenters. The monoisotopic (exact) mass is 410 g/mol. The number of rotatable bonds is 6. The van der Waals surface area contributed by atoms with Crippen molar-refractivity contribution in [2.24, 2.45) is 0 Å². The predicted molar refractivity (Wildman–Crippen MR) is 111 cm³/mol. The number of Topliss-reactive ketones (excluding diaryl/α,β-unsaturated/α-hetero) is 1. The van der Waals surface area contributed by atoms with Crippen LogP contribution in [0.2, 0.25) is 5.02 Å². The van der Waals surface area contributed by atoms with Crippen molar-refractivity contribution < 1.29 is 4.79 Å². The molecule has 0 aliphatic carbocycles. The quantitative estimate of drug-likeness (QED) is 0.274. The van der Waals surface area contributed by atoms with E-state index in [4.69, 9.17) is 11.6 Å². The molecule has 0 atom stereocenters. The number of halogens is 1. The van der Waals surface area contributed by atoms with Crippen LogP contribution in [0, 0.1) is 0 Å². The summed E-state index contributed by atoms with van der Waals surface area (Å²) in [5.74, 6) is 0.573. The minimum Gasteiger partial charge on any atom is -0.293 e. The van der Waals surface area contributed by atoms with Crippen LogP contribution in [0.3, 0.4) is 0 Å². The number of thioether (sulfide) groups is 1. The minimum atomic E-state index is -0.149. The molecule has 4 aromatic rings. The first kappa shape index (κ1) is 18.5. The second-order valence-electron chi connectivity index (χ2n) is 6.06. The van der Waals surface area contributed by atoms with Gasteiger partial charge in [-0.1, -0.05) is 41.6 Å². The summed E-state index contributed by atoms with van der Waals surface area (Å²) in [7, 11) is 0. The van der Waals surface area contributed by atoms with Gasteiger partial charge in [0.15, 0.2) is 10.9 Å². The summed E-state index contributed by atoms with van der Waals surface area (Å²) in [5.41, 5.74) is 1.14. The third-order valence-electron chi connectivity index (χ3n) is 4.29. The lowest BCUT2D eigenvalue weighted by Gasteiger charge is -2.09. The molecule has 0 aliphatic heterocycles. The van der Waals surface area contributed by atoms with E-state index in [1.165, 1.54) is 16.3 Å². The smallest absolute Gasteiger partial charge is 0.263 e. The molecule has 0 spiro atoms. The maximum Gasteiger partial charge on any atom is 0.263 e. The van der Waals surface area contributed by atoms with Gasteiger partial charge in [-0.05, 0) is 36.4 Å². The van der Waals surface area contributed by atoms with Gasteiger partial charge >= 0.3 is 0 Å². The summed E-state index contributed by atoms with van der Waals surface area (Å²) in [6.07, 6.45) is 1.64. The number of aromatic nitrogens is 4. The van der Waals surface area contributed by atoms with Crippen molar-refractivity contribution in [3.05, 3.63) is 82.1 Å². The SMILES string of the molecule is C=CCn1c(=O)c2ccccc2n2c(SCC(=O)c3ccc(Cl)cc3)nnc12. The van der Waals surface area contributed by atoms with Gasteiger partial charge in [0.25, 0.3) is 5.56 Å². The molecule has 2 aromatic heterocycles. The zero-order valence-corrected chi connectivity index (χ0v) is 16.3. The van der Waals surface area contributed by atoms with Gasteiger partial charge in [-0.25, -0.2) is 0 Å². The Morgan fingerprint density at radius 3 is 2.64 bits per heavy atom. The van der Waals surface area contributed by atoms with E-state index in [2.05, 4.69) is 16.8 Å². The first-order chi connectivity index (χ1) is 13.6. The number of allylic oxidation sites excluding steroid dienone is 1. The molecule has 6 nitrogen and oxygen atoms in total. The molecular weight excluding hydrogens is 396 g/mol. The van der Waals surface area contributed by atoms with Crippen molar-refractivity contribution in [3.8, 4) is 0 Å². The van der Waals surface area contributed by atoms with E-state index in [0.717, 1.165) is 0 Å². The van der Waals surface area contributed by atoms with Crippen molar-refractivity contribution in [2.75, 3.05) is 5.75 Å². The Kier molecular flexibility index (Phi) is 5.02.